The van der Waals surface area contributed by atoms with E-state index in [-0.39, 0.29) is 5.91 Å². The van der Waals surface area contributed by atoms with Crippen molar-refractivity contribution in [2.45, 2.75) is 49.2 Å². The van der Waals surface area contributed by atoms with E-state index in [0.29, 0.717) is 15.9 Å². The van der Waals surface area contributed by atoms with Crippen LogP contribution in [0, 0.1) is 0 Å². The summed E-state index contributed by atoms with van der Waals surface area (Å²) in [6.45, 7) is 7.53. The fourth-order valence-electron chi connectivity index (χ4n) is 2.82. The van der Waals surface area contributed by atoms with Gasteiger partial charge < -0.3 is 0 Å². The first-order valence-electron chi connectivity index (χ1n) is 8.73. The molecule has 0 aliphatic carbocycles. The van der Waals surface area contributed by atoms with Gasteiger partial charge in [0.05, 0.1) is 0 Å². The molecule has 3 rings (SSSR count). The van der Waals surface area contributed by atoms with Crippen molar-refractivity contribution in [3.63, 3.8) is 0 Å². The summed E-state index contributed by atoms with van der Waals surface area (Å²) >= 11 is 3.06. The van der Waals surface area contributed by atoms with Gasteiger partial charge in [0.1, 0.15) is 0 Å². The van der Waals surface area contributed by atoms with Gasteiger partial charge in [0.15, 0.2) is 4.34 Å². The third-order valence-electron chi connectivity index (χ3n) is 4.03. The zero-order valence-electron chi connectivity index (χ0n) is 14.7. The minimum absolute atomic E-state index is 0.137. The van der Waals surface area contributed by atoms with Crippen LogP contribution in [0.5, 0.6) is 0 Å². The highest BCUT2D eigenvalue weighted by Crippen LogP contribution is 2.28. The second-order valence-corrected chi connectivity index (χ2v) is 9.33. The fourth-order valence-corrected chi connectivity index (χ4v) is 4.79. The number of aromatic nitrogens is 2. The molecular formula is C18H24N4OS2. The molecule has 0 spiro atoms. The van der Waals surface area contributed by atoms with Crippen molar-refractivity contribution in [1.29, 1.82) is 0 Å². The summed E-state index contributed by atoms with van der Waals surface area (Å²) in [7, 11) is 0. The highest BCUT2D eigenvalue weighted by molar-refractivity contribution is 8.01. The molecule has 2 aromatic rings. The van der Waals surface area contributed by atoms with Crippen LogP contribution in [0.15, 0.2) is 28.6 Å². The molecule has 0 bridgehead atoms. The molecule has 1 fully saturated rings. The maximum Gasteiger partial charge on any atom is 0.257 e. The summed E-state index contributed by atoms with van der Waals surface area (Å²) in [6.07, 6.45) is 3.93. The van der Waals surface area contributed by atoms with Crippen molar-refractivity contribution in [3.05, 3.63) is 35.4 Å². The first-order valence-corrected chi connectivity index (χ1v) is 10.4. The van der Waals surface area contributed by atoms with Crippen LogP contribution in [0.2, 0.25) is 0 Å². The minimum atomic E-state index is -0.137. The van der Waals surface area contributed by atoms with E-state index in [1.165, 1.54) is 49.3 Å². The van der Waals surface area contributed by atoms with Crippen LogP contribution in [0.1, 0.15) is 49.0 Å². The van der Waals surface area contributed by atoms with Crippen LogP contribution in [-0.2, 0) is 6.54 Å². The van der Waals surface area contributed by atoms with Gasteiger partial charge in [0, 0.05) is 17.4 Å². The van der Waals surface area contributed by atoms with Crippen molar-refractivity contribution in [1.82, 2.24) is 15.1 Å². The SMILES string of the molecule is CC(C)Sc1nnc(NC(=O)c2ccc(CN3CCCCC3)cc2)s1. The van der Waals surface area contributed by atoms with Gasteiger partial charge in [-0.2, -0.15) is 0 Å². The number of carbonyl (C=O) groups is 1. The van der Waals surface area contributed by atoms with E-state index in [9.17, 15) is 4.79 Å². The third-order valence-corrected chi connectivity index (χ3v) is 5.96. The van der Waals surface area contributed by atoms with E-state index in [1.54, 1.807) is 11.8 Å². The summed E-state index contributed by atoms with van der Waals surface area (Å²) in [5.74, 6) is -0.137. The molecule has 134 valence electrons. The predicted octanol–water partition coefficient (Wildman–Crippen LogP) is 4.28. The number of hydrogen-bond acceptors (Lipinski definition) is 6. The second kappa shape index (κ2) is 8.78. The number of carbonyl (C=O) groups excluding carboxylic acids is 1. The lowest BCUT2D eigenvalue weighted by molar-refractivity contribution is 0.102. The number of nitrogens with zero attached hydrogens (tertiary/aromatic N) is 3. The van der Waals surface area contributed by atoms with Gasteiger partial charge in [0.25, 0.3) is 5.91 Å². The molecule has 1 aliphatic rings. The Balaban J connectivity index is 1.55. The number of benzene rings is 1. The van der Waals surface area contributed by atoms with Crippen LogP contribution in [0.25, 0.3) is 0 Å². The van der Waals surface area contributed by atoms with Crippen molar-refractivity contribution in [3.8, 4) is 0 Å². The second-order valence-electron chi connectivity index (χ2n) is 6.53. The molecule has 1 N–H and O–H groups in total. The molecular weight excluding hydrogens is 352 g/mol. The number of anilines is 1. The van der Waals surface area contributed by atoms with Gasteiger partial charge in [-0.15, -0.1) is 10.2 Å². The van der Waals surface area contributed by atoms with Gasteiger partial charge in [0.2, 0.25) is 5.13 Å². The number of nitrogens with one attached hydrogen (secondary N) is 1. The minimum Gasteiger partial charge on any atom is -0.299 e. The van der Waals surface area contributed by atoms with E-state index in [2.05, 4.69) is 34.3 Å². The average molecular weight is 377 g/mol. The Hall–Kier alpha value is -1.44. The molecule has 1 aliphatic heterocycles. The highest BCUT2D eigenvalue weighted by Gasteiger charge is 2.13. The van der Waals surface area contributed by atoms with Gasteiger partial charge in [-0.25, -0.2) is 0 Å². The highest BCUT2D eigenvalue weighted by atomic mass is 32.2. The molecule has 1 amide bonds. The summed E-state index contributed by atoms with van der Waals surface area (Å²) in [5.41, 5.74) is 1.90. The number of hydrogen-bond donors (Lipinski definition) is 1. The molecule has 1 aromatic carbocycles. The van der Waals surface area contributed by atoms with Gasteiger partial charge in [-0.3, -0.25) is 15.0 Å². The van der Waals surface area contributed by atoms with E-state index in [4.69, 9.17) is 0 Å². The molecule has 5 nitrogen and oxygen atoms in total. The maximum atomic E-state index is 12.4. The first-order chi connectivity index (χ1) is 12.1. The van der Waals surface area contributed by atoms with E-state index in [1.807, 2.05) is 24.3 Å². The lowest BCUT2D eigenvalue weighted by atomic mass is 10.1. The Morgan fingerprint density at radius 1 is 1.20 bits per heavy atom. The Morgan fingerprint density at radius 2 is 1.92 bits per heavy atom. The number of amides is 1. The third kappa shape index (κ3) is 5.52. The lowest BCUT2D eigenvalue weighted by Gasteiger charge is -2.26. The molecule has 0 atom stereocenters. The monoisotopic (exact) mass is 376 g/mol. The van der Waals surface area contributed by atoms with Crippen LogP contribution in [0.4, 0.5) is 5.13 Å². The summed E-state index contributed by atoms with van der Waals surface area (Å²) in [4.78, 5) is 14.8. The zero-order chi connectivity index (χ0) is 17.6. The van der Waals surface area contributed by atoms with Crippen molar-refractivity contribution < 1.29 is 4.79 Å². The molecule has 25 heavy (non-hydrogen) atoms. The number of piperidine rings is 1. The fraction of sp³-hybridized carbons (Fsp3) is 0.500. The summed E-state index contributed by atoms with van der Waals surface area (Å²) in [5, 5.41) is 12.0. The largest absolute Gasteiger partial charge is 0.299 e. The molecule has 0 radical (unpaired) electrons. The van der Waals surface area contributed by atoms with Crippen molar-refractivity contribution in [2.75, 3.05) is 18.4 Å². The lowest BCUT2D eigenvalue weighted by Crippen LogP contribution is -2.29. The van der Waals surface area contributed by atoms with Crippen LogP contribution < -0.4 is 5.32 Å². The van der Waals surface area contributed by atoms with Crippen LogP contribution in [0.3, 0.4) is 0 Å². The normalized spacial score (nSPS) is 15.5. The summed E-state index contributed by atoms with van der Waals surface area (Å²) < 4.78 is 0.877. The zero-order valence-corrected chi connectivity index (χ0v) is 16.3. The van der Waals surface area contributed by atoms with Crippen molar-refractivity contribution in [2.24, 2.45) is 0 Å². The Morgan fingerprint density at radius 3 is 2.60 bits per heavy atom. The van der Waals surface area contributed by atoms with Gasteiger partial charge in [-0.05, 0) is 43.6 Å². The smallest absolute Gasteiger partial charge is 0.257 e. The number of thioether (sulfide) groups is 1. The van der Waals surface area contributed by atoms with E-state index in [0.717, 1.165) is 10.9 Å². The van der Waals surface area contributed by atoms with E-state index >= 15 is 0 Å². The topological polar surface area (TPSA) is 58.1 Å². The van der Waals surface area contributed by atoms with E-state index < -0.39 is 0 Å². The molecule has 0 saturated carbocycles. The number of rotatable bonds is 6. The van der Waals surface area contributed by atoms with Crippen LogP contribution in [-0.4, -0.2) is 39.3 Å². The molecule has 1 aromatic heterocycles. The average Bonchev–Trinajstić information content (AvgIpc) is 3.02. The van der Waals surface area contributed by atoms with Crippen LogP contribution >= 0.6 is 23.1 Å². The van der Waals surface area contributed by atoms with Gasteiger partial charge >= 0.3 is 0 Å². The Bertz CT molecular complexity index is 693. The summed E-state index contributed by atoms with van der Waals surface area (Å²) in [6, 6.07) is 7.87. The molecule has 1 saturated heterocycles. The number of likely N-dealkylation sites (tertiary alicyclic amines) is 1. The van der Waals surface area contributed by atoms with Gasteiger partial charge in [-0.1, -0.05) is 55.5 Å². The molecule has 0 unspecified atom stereocenters. The molecule has 7 heteroatoms. The van der Waals surface area contributed by atoms with Crippen molar-refractivity contribution >= 4 is 34.1 Å². The first kappa shape index (κ1) is 18.4. The molecule has 2 heterocycles. The Kier molecular flexibility index (Phi) is 6.45. The standard InChI is InChI=1S/C18H24N4OS2/c1-13(2)24-18-21-20-17(25-18)19-16(23)15-8-6-14(7-9-15)12-22-10-4-3-5-11-22/h6-9,13H,3-5,10-12H2,1-2H3,(H,19,20,23). The maximum absolute atomic E-state index is 12.4. The Labute approximate surface area is 157 Å². The quantitative estimate of drug-likeness (QED) is 0.602. The predicted molar refractivity (Wildman–Crippen MR) is 104 cm³/mol.